The molecule has 0 radical (unpaired) electrons. The Morgan fingerprint density at radius 3 is 2.73 bits per heavy atom. The summed E-state index contributed by atoms with van der Waals surface area (Å²) in [6, 6.07) is 8.35. The summed E-state index contributed by atoms with van der Waals surface area (Å²) in [4.78, 5) is 0. The highest BCUT2D eigenvalue weighted by Gasteiger charge is 2.00. The number of thiol groups is 1. The lowest BCUT2D eigenvalue weighted by molar-refractivity contribution is 0.309. The van der Waals surface area contributed by atoms with Crippen LogP contribution in [-0.4, -0.2) is 12.4 Å². The Morgan fingerprint density at radius 1 is 1.27 bits per heavy atom. The molecule has 0 aliphatic heterocycles. The van der Waals surface area contributed by atoms with Crippen LogP contribution in [0.15, 0.2) is 24.3 Å². The van der Waals surface area contributed by atoms with Crippen LogP contribution in [0.25, 0.3) is 0 Å². The molecule has 1 rings (SSSR count). The molecule has 1 aromatic rings. The molecule has 0 saturated heterocycles. The molecule has 15 heavy (non-hydrogen) atoms. The molecule has 0 heterocycles. The average molecular weight is 224 g/mol. The quantitative estimate of drug-likeness (QED) is 0.569. The van der Waals surface area contributed by atoms with E-state index in [1.807, 2.05) is 6.07 Å². The van der Waals surface area contributed by atoms with Gasteiger partial charge in [-0.05, 0) is 42.2 Å². The third-order valence-electron chi connectivity index (χ3n) is 2.35. The first-order chi connectivity index (χ1) is 7.24. The Kier molecular flexibility index (Phi) is 5.62. The van der Waals surface area contributed by atoms with E-state index in [2.05, 4.69) is 44.7 Å². The second kappa shape index (κ2) is 6.78. The Balaban J connectivity index is 2.43. The largest absolute Gasteiger partial charge is 0.494 e. The molecule has 84 valence electrons. The summed E-state index contributed by atoms with van der Waals surface area (Å²) < 4.78 is 5.66. The maximum absolute atomic E-state index is 5.66. The number of hydrogen-bond donors (Lipinski definition) is 1. The molecule has 0 fully saturated rings. The van der Waals surface area contributed by atoms with Crippen LogP contribution < -0.4 is 4.74 Å². The molecule has 0 amide bonds. The van der Waals surface area contributed by atoms with Crippen molar-refractivity contribution in [1.29, 1.82) is 0 Å². The summed E-state index contributed by atoms with van der Waals surface area (Å²) in [5.41, 5.74) is 1.33. The van der Waals surface area contributed by atoms with E-state index in [0.717, 1.165) is 31.0 Å². The van der Waals surface area contributed by atoms with Crippen LogP contribution in [0.3, 0.4) is 0 Å². The Bertz CT molecular complexity index is 284. The number of unbranched alkanes of at least 4 members (excludes halogenated alkanes) is 1. The third-order valence-corrected chi connectivity index (χ3v) is 2.66. The van der Waals surface area contributed by atoms with E-state index in [4.69, 9.17) is 4.74 Å². The van der Waals surface area contributed by atoms with E-state index in [0.29, 0.717) is 5.92 Å². The minimum atomic E-state index is 0.561. The first-order valence-corrected chi connectivity index (χ1v) is 6.21. The van der Waals surface area contributed by atoms with Crippen molar-refractivity contribution < 1.29 is 4.74 Å². The van der Waals surface area contributed by atoms with Crippen molar-refractivity contribution in [2.45, 2.75) is 32.6 Å². The highest BCUT2D eigenvalue weighted by Crippen LogP contribution is 2.20. The van der Waals surface area contributed by atoms with Gasteiger partial charge in [0.05, 0.1) is 6.61 Å². The van der Waals surface area contributed by atoms with Gasteiger partial charge in [0, 0.05) is 0 Å². The van der Waals surface area contributed by atoms with Crippen LogP contribution in [0.2, 0.25) is 0 Å². The first kappa shape index (κ1) is 12.4. The molecule has 0 spiro atoms. The molecule has 1 aromatic carbocycles. The highest BCUT2D eigenvalue weighted by molar-refractivity contribution is 7.80. The number of rotatable bonds is 6. The van der Waals surface area contributed by atoms with E-state index in [-0.39, 0.29) is 0 Å². The van der Waals surface area contributed by atoms with Crippen LogP contribution in [0.1, 0.15) is 38.2 Å². The number of hydrogen-bond acceptors (Lipinski definition) is 2. The summed E-state index contributed by atoms with van der Waals surface area (Å²) in [7, 11) is 0. The van der Waals surface area contributed by atoms with Gasteiger partial charge in [0.15, 0.2) is 0 Å². The fraction of sp³-hybridized carbons (Fsp3) is 0.538. The topological polar surface area (TPSA) is 9.23 Å². The minimum absolute atomic E-state index is 0.561. The summed E-state index contributed by atoms with van der Waals surface area (Å²) in [6.45, 7) is 5.18. The van der Waals surface area contributed by atoms with Crippen molar-refractivity contribution >= 4 is 12.6 Å². The van der Waals surface area contributed by atoms with Gasteiger partial charge in [-0.2, -0.15) is 12.6 Å². The van der Waals surface area contributed by atoms with E-state index < -0.39 is 0 Å². The summed E-state index contributed by atoms with van der Waals surface area (Å²) in [5.74, 6) is 2.49. The molecule has 0 aliphatic carbocycles. The smallest absolute Gasteiger partial charge is 0.119 e. The highest BCUT2D eigenvalue weighted by atomic mass is 32.1. The van der Waals surface area contributed by atoms with Gasteiger partial charge in [-0.1, -0.05) is 26.0 Å². The van der Waals surface area contributed by atoms with Crippen molar-refractivity contribution in [2.24, 2.45) is 0 Å². The zero-order chi connectivity index (χ0) is 11.1. The monoisotopic (exact) mass is 224 g/mol. The van der Waals surface area contributed by atoms with Crippen LogP contribution >= 0.6 is 12.6 Å². The summed E-state index contributed by atoms with van der Waals surface area (Å²) >= 11 is 4.17. The maximum Gasteiger partial charge on any atom is 0.119 e. The van der Waals surface area contributed by atoms with Gasteiger partial charge in [-0.3, -0.25) is 0 Å². The van der Waals surface area contributed by atoms with Crippen molar-refractivity contribution in [3.05, 3.63) is 29.8 Å². The Hall–Kier alpha value is -0.630. The van der Waals surface area contributed by atoms with Gasteiger partial charge in [0.1, 0.15) is 5.75 Å². The van der Waals surface area contributed by atoms with Gasteiger partial charge in [0.2, 0.25) is 0 Å². The van der Waals surface area contributed by atoms with E-state index in [1.165, 1.54) is 5.56 Å². The standard InChI is InChI=1S/C13H20OS/c1-11(2)12-6-5-7-13(10-12)14-8-3-4-9-15/h5-7,10-11,15H,3-4,8-9H2,1-2H3. The molecule has 0 bridgehead atoms. The van der Waals surface area contributed by atoms with Crippen molar-refractivity contribution in [3.8, 4) is 5.75 Å². The lowest BCUT2D eigenvalue weighted by Crippen LogP contribution is -1.98. The van der Waals surface area contributed by atoms with Gasteiger partial charge < -0.3 is 4.74 Å². The molecule has 1 nitrogen and oxygen atoms in total. The van der Waals surface area contributed by atoms with Gasteiger partial charge in [-0.25, -0.2) is 0 Å². The molecule has 0 N–H and O–H groups in total. The second-order valence-electron chi connectivity index (χ2n) is 4.01. The summed E-state index contributed by atoms with van der Waals surface area (Å²) in [5, 5.41) is 0. The van der Waals surface area contributed by atoms with E-state index in [1.54, 1.807) is 0 Å². The Labute approximate surface area is 98.3 Å². The molecule has 0 atom stereocenters. The SMILES string of the molecule is CC(C)c1cccc(OCCCCS)c1. The molecule has 0 aromatic heterocycles. The number of ether oxygens (including phenoxy) is 1. The van der Waals surface area contributed by atoms with Gasteiger partial charge in [-0.15, -0.1) is 0 Å². The predicted octanol–water partition coefficient (Wildman–Crippen LogP) is 3.90. The van der Waals surface area contributed by atoms with Crippen LogP contribution in [0, 0.1) is 0 Å². The predicted molar refractivity (Wildman–Crippen MR) is 69.1 cm³/mol. The molecule has 0 saturated carbocycles. The summed E-state index contributed by atoms with van der Waals surface area (Å²) in [6.07, 6.45) is 2.20. The second-order valence-corrected chi connectivity index (χ2v) is 4.45. The van der Waals surface area contributed by atoms with Gasteiger partial charge in [0.25, 0.3) is 0 Å². The molecular formula is C13H20OS. The molecule has 0 aliphatic rings. The fourth-order valence-electron chi connectivity index (χ4n) is 1.37. The Morgan fingerprint density at radius 2 is 2.07 bits per heavy atom. The molecular weight excluding hydrogens is 204 g/mol. The van der Waals surface area contributed by atoms with Crippen molar-refractivity contribution in [3.63, 3.8) is 0 Å². The lowest BCUT2D eigenvalue weighted by atomic mass is 10.0. The van der Waals surface area contributed by atoms with Crippen LogP contribution in [0.4, 0.5) is 0 Å². The van der Waals surface area contributed by atoms with Crippen molar-refractivity contribution in [1.82, 2.24) is 0 Å². The minimum Gasteiger partial charge on any atom is -0.494 e. The van der Waals surface area contributed by atoms with E-state index >= 15 is 0 Å². The molecule has 2 heteroatoms. The number of benzene rings is 1. The van der Waals surface area contributed by atoms with Crippen molar-refractivity contribution in [2.75, 3.05) is 12.4 Å². The third kappa shape index (κ3) is 4.61. The molecule has 0 unspecified atom stereocenters. The van der Waals surface area contributed by atoms with Crippen LogP contribution in [0.5, 0.6) is 5.75 Å². The fourth-order valence-corrected chi connectivity index (χ4v) is 1.59. The maximum atomic E-state index is 5.66. The average Bonchev–Trinajstić information content (AvgIpc) is 2.25. The van der Waals surface area contributed by atoms with E-state index in [9.17, 15) is 0 Å². The zero-order valence-corrected chi connectivity index (χ0v) is 10.5. The van der Waals surface area contributed by atoms with Crippen LogP contribution in [-0.2, 0) is 0 Å². The first-order valence-electron chi connectivity index (χ1n) is 5.57. The zero-order valence-electron chi connectivity index (χ0n) is 9.57. The van der Waals surface area contributed by atoms with Gasteiger partial charge >= 0.3 is 0 Å². The normalized spacial score (nSPS) is 10.7. The lowest BCUT2D eigenvalue weighted by Gasteiger charge is -2.09.